The van der Waals surface area contributed by atoms with Crippen LogP contribution >= 0.6 is 11.3 Å². The van der Waals surface area contributed by atoms with E-state index in [4.69, 9.17) is 9.47 Å². The van der Waals surface area contributed by atoms with Crippen LogP contribution in [0.15, 0.2) is 11.1 Å². The zero-order valence-corrected chi connectivity index (χ0v) is 19.1. The molecule has 2 aromatic heterocycles. The summed E-state index contributed by atoms with van der Waals surface area (Å²) in [6.07, 6.45) is 4.71. The van der Waals surface area contributed by atoms with Crippen molar-refractivity contribution >= 4 is 33.4 Å². The molecule has 1 saturated heterocycles. The second kappa shape index (κ2) is 9.08. The van der Waals surface area contributed by atoms with Gasteiger partial charge in [0, 0.05) is 24.5 Å². The quantitative estimate of drug-likeness (QED) is 0.654. The normalized spacial score (nSPS) is 22.2. The lowest BCUT2D eigenvalue weighted by Gasteiger charge is -2.36. The third kappa shape index (κ3) is 4.67. The number of ether oxygens (including phenoxy) is 2. The van der Waals surface area contributed by atoms with Crippen molar-refractivity contribution in [2.75, 3.05) is 13.1 Å². The number of aromatic nitrogens is 2. The first-order chi connectivity index (χ1) is 14.8. The Kier molecular flexibility index (Phi) is 6.43. The van der Waals surface area contributed by atoms with E-state index >= 15 is 0 Å². The Balaban J connectivity index is 1.37. The monoisotopic (exact) mass is 447 g/mol. The van der Waals surface area contributed by atoms with Crippen LogP contribution in [0.4, 0.5) is 0 Å². The van der Waals surface area contributed by atoms with Crippen LogP contribution in [0.5, 0.6) is 0 Å². The van der Waals surface area contributed by atoms with Crippen molar-refractivity contribution in [3.8, 4) is 0 Å². The van der Waals surface area contributed by atoms with Gasteiger partial charge in [0.25, 0.3) is 11.5 Å². The Hall–Kier alpha value is -2.26. The van der Waals surface area contributed by atoms with E-state index in [2.05, 4.69) is 4.98 Å². The maximum absolute atomic E-state index is 13.0. The van der Waals surface area contributed by atoms with Crippen molar-refractivity contribution < 1.29 is 19.1 Å². The van der Waals surface area contributed by atoms with Crippen LogP contribution in [0.25, 0.3) is 10.2 Å². The van der Waals surface area contributed by atoms with Crippen LogP contribution in [-0.2, 0) is 38.4 Å². The maximum Gasteiger partial charge on any atom is 0.308 e. The van der Waals surface area contributed by atoms with E-state index in [-0.39, 0.29) is 36.6 Å². The van der Waals surface area contributed by atoms with Crippen molar-refractivity contribution in [1.82, 2.24) is 14.5 Å². The summed E-state index contributed by atoms with van der Waals surface area (Å²) in [6.45, 7) is 6.56. The Morgan fingerprint density at radius 3 is 2.71 bits per heavy atom. The van der Waals surface area contributed by atoms with Gasteiger partial charge in [-0.15, -0.1) is 11.3 Å². The Bertz CT molecular complexity index is 1040. The van der Waals surface area contributed by atoms with Crippen LogP contribution in [0.1, 0.15) is 50.5 Å². The number of esters is 1. The van der Waals surface area contributed by atoms with Gasteiger partial charge < -0.3 is 14.4 Å². The number of hydrogen-bond donors (Lipinski definition) is 0. The highest BCUT2D eigenvalue weighted by atomic mass is 32.1. The number of fused-ring (bicyclic) bond motifs is 3. The van der Waals surface area contributed by atoms with Gasteiger partial charge in [0.2, 0.25) is 0 Å². The highest BCUT2D eigenvalue weighted by Gasteiger charge is 2.30. The van der Waals surface area contributed by atoms with Crippen LogP contribution in [-0.4, -0.2) is 57.7 Å². The predicted octanol–water partition coefficient (Wildman–Crippen LogP) is 2.29. The molecule has 1 amide bonds. The fraction of sp³-hybridized carbons (Fsp3) is 0.636. The summed E-state index contributed by atoms with van der Waals surface area (Å²) in [4.78, 5) is 46.1. The molecular weight excluding hydrogens is 418 g/mol. The molecule has 168 valence electrons. The molecule has 0 aromatic carbocycles. The molecule has 2 aromatic rings. The highest BCUT2D eigenvalue weighted by Crippen LogP contribution is 2.33. The maximum atomic E-state index is 13.0. The Labute approximate surface area is 185 Å². The summed E-state index contributed by atoms with van der Waals surface area (Å²) in [7, 11) is 0. The molecule has 0 radical (unpaired) electrons. The second-order valence-corrected chi connectivity index (χ2v) is 9.60. The number of morpholine rings is 1. The summed E-state index contributed by atoms with van der Waals surface area (Å²) in [5, 5.41) is 0.703. The molecule has 1 aliphatic heterocycles. The van der Waals surface area contributed by atoms with E-state index in [1.165, 1.54) is 15.8 Å². The molecule has 4 rings (SSSR count). The van der Waals surface area contributed by atoms with E-state index in [9.17, 15) is 14.4 Å². The van der Waals surface area contributed by atoms with Gasteiger partial charge in [0.15, 0.2) is 6.10 Å². The average molecular weight is 448 g/mol. The van der Waals surface area contributed by atoms with Crippen LogP contribution in [0, 0.1) is 0 Å². The van der Waals surface area contributed by atoms with Gasteiger partial charge >= 0.3 is 5.97 Å². The van der Waals surface area contributed by atoms with E-state index in [0.717, 1.165) is 36.1 Å². The Morgan fingerprint density at radius 2 is 1.97 bits per heavy atom. The molecule has 0 saturated carbocycles. The SMILES string of the molecule is CC1CN(C(=O)C(C)OC(=O)CCn2cnc3sc4c(c3c2=O)CCCC4)CC(C)O1. The fourth-order valence-corrected chi connectivity index (χ4v) is 5.69. The highest BCUT2D eigenvalue weighted by molar-refractivity contribution is 7.18. The summed E-state index contributed by atoms with van der Waals surface area (Å²) in [5.74, 6) is -0.727. The minimum Gasteiger partial charge on any atom is -0.452 e. The number of aryl methyl sites for hydroxylation is 3. The molecule has 31 heavy (non-hydrogen) atoms. The largest absolute Gasteiger partial charge is 0.452 e. The van der Waals surface area contributed by atoms with E-state index in [1.807, 2.05) is 13.8 Å². The zero-order valence-electron chi connectivity index (χ0n) is 18.3. The molecule has 8 nitrogen and oxygen atoms in total. The van der Waals surface area contributed by atoms with Crippen LogP contribution in [0.3, 0.4) is 0 Å². The Morgan fingerprint density at radius 1 is 1.26 bits per heavy atom. The zero-order chi connectivity index (χ0) is 22.1. The molecule has 3 heterocycles. The lowest BCUT2D eigenvalue weighted by molar-refractivity contribution is -0.164. The number of amides is 1. The number of rotatable bonds is 5. The van der Waals surface area contributed by atoms with E-state index < -0.39 is 12.1 Å². The van der Waals surface area contributed by atoms with Crippen LogP contribution < -0.4 is 5.56 Å². The van der Waals surface area contributed by atoms with E-state index in [0.29, 0.717) is 18.5 Å². The average Bonchev–Trinajstić information content (AvgIpc) is 3.11. The van der Waals surface area contributed by atoms with Gasteiger partial charge in [0.1, 0.15) is 4.83 Å². The number of carbonyl (C=O) groups is 2. The molecule has 2 aliphatic rings. The standard InChI is InChI=1S/C22H29N3O5S/c1-13-10-25(11-14(2)29-13)21(27)15(3)30-18(26)8-9-24-12-23-20-19(22(24)28)16-6-4-5-7-17(16)31-20/h12-15H,4-11H2,1-3H3. The number of carbonyl (C=O) groups excluding carboxylic acids is 2. The van der Waals surface area contributed by atoms with Gasteiger partial charge in [-0.25, -0.2) is 4.98 Å². The van der Waals surface area contributed by atoms with Gasteiger partial charge in [-0.1, -0.05) is 0 Å². The molecule has 9 heteroatoms. The van der Waals surface area contributed by atoms with Crippen LogP contribution in [0.2, 0.25) is 0 Å². The van der Waals surface area contributed by atoms with Crippen molar-refractivity contribution in [2.24, 2.45) is 0 Å². The molecule has 0 N–H and O–H groups in total. The third-order valence-corrected chi connectivity index (χ3v) is 7.09. The lowest BCUT2D eigenvalue weighted by Crippen LogP contribution is -2.51. The molecule has 3 unspecified atom stereocenters. The lowest BCUT2D eigenvalue weighted by atomic mass is 9.97. The topological polar surface area (TPSA) is 90.7 Å². The first-order valence-corrected chi connectivity index (χ1v) is 11.8. The molecule has 3 atom stereocenters. The number of thiophene rings is 1. The number of hydrogen-bond acceptors (Lipinski definition) is 7. The molecule has 0 bridgehead atoms. The number of nitrogens with zero attached hydrogens (tertiary/aromatic N) is 3. The molecule has 1 fully saturated rings. The summed E-state index contributed by atoms with van der Waals surface area (Å²) in [5.41, 5.74) is 1.03. The molecular formula is C22H29N3O5S. The minimum absolute atomic E-state index is 0.00690. The summed E-state index contributed by atoms with van der Waals surface area (Å²) < 4.78 is 12.5. The van der Waals surface area contributed by atoms with Gasteiger partial charge in [-0.05, 0) is 52.0 Å². The van der Waals surface area contributed by atoms with Gasteiger partial charge in [0.05, 0.1) is 30.3 Å². The summed E-state index contributed by atoms with van der Waals surface area (Å²) >= 11 is 1.61. The minimum atomic E-state index is -0.869. The van der Waals surface area contributed by atoms with Crippen molar-refractivity contribution in [3.63, 3.8) is 0 Å². The fourth-order valence-electron chi connectivity index (χ4n) is 4.47. The smallest absolute Gasteiger partial charge is 0.308 e. The first kappa shape index (κ1) is 22.0. The predicted molar refractivity (Wildman–Crippen MR) is 117 cm³/mol. The van der Waals surface area contributed by atoms with Crippen molar-refractivity contribution in [1.29, 1.82) is 0 Å². The second-order valence-electron chi connectivity index (χ2n) is 8.52. The van der Waals surface area contributed by atoms with Gasteiger partial charge in [-0.2, -0.15) is 0 Å². The third-order valence-electron chi connectivity index (χ3n) is 5.89. The van der Waals surface area contributed by atoms with Crippen molar-refractivity contribution in [2.45, 2.75) is 77.7 Å². The first-order valence-electron chi connectivity index (χ1n) is 11.0. The van der Waals surface area contributed by atoms with Crippen molar-refractivity contribution in [3.05, 3.63) is 27.1 Å². The molecule has 1 aliphatic carbocycles. The van der Waals surface area contributed by atoms with E-state index in [1.54, 1.807) is 23.2 Å². The van der Waals surface area contributed by atoms with Gasteiger partial charge in [-0.3, -0.25) is 19.0 Å². The summed E-state index contributed by atoms with van der Waals surface area (Å²) in [6, 6.07) is 0. The molecule has 0 spiro atoms.